The van der Waals surface area contributed by atoms with Crippen LogP contribution >= 0.6 is 0 Å². The van der Waals surface area contributed by atoms with Crippen molar-refractivity contribution in [1.29, 1.82) is 0 Å². The normalized spacial score (nSPS) is 14.6. The number of carbonyl (C=O) groups is 1. The largest absolute Gasteiger partial charge is 0.348 e. The van der Waals surface area contributed by atoms with Gasteiger partial charge < -0.3 is 15.6 Å². The molecule has 1 unspecified atom stereocenters. The number of aryl methyl sites for hydroxylation is 3. The average molecular weight is 575 g/mol. The van der Waals surface area contributed by atoms with Crippen LogP contribution in [0.25, 0.3) is 11.0 Å². The van der Waals surface area contributed by atoms with Crippen LogP contribution in [0.3, 0.4) is 0 Å². The summed E-state index contributed by atoms with van der Waals surface area (Å²) < 4.78 is 0. The topological polar surface area (TPSA) is 112 Å². The van der Waals surface area contributed by atoms with Gasteiger partial charge in [-0.05, 0) is 68.0 Å². The highest BCUT2D eigenvalue weighted by Crippen LogP contribution is 2.33. The molecule has 3 N–H and O–H groups in total. The van der Waals surface area contributed by atoms with Gasteiger partial charge in [0.1, 0.15) is 12.2 Å². The second-order valence-corrected chi connectivity index (χ2v) is 11.2. The van der Waals surface area contributed by atoms with Gasteiger partial charge in [-0.15, -0.1) is 0 Å². The summed E-state index contributed by atoms with van der Waals surface area (Å²) in [5.74, 6) is 0.801. The molecule has 1 aliphatic carbocycles. The minimum absolute atomic E-state index is 0.149. The Hall–Kier alpha value is -4.47. The Labute approximate surface area is 252 Å². The summed E-state index contributed by atoms with van der Waals surface area (Å²) in [6.45, 7) is 7.34. The van der Waals surface area contributed by atoms with Crippen LogP contribution in [0.4, 0.5) is 0 Å². The summed E-state index contributed by atoms with van der Waals surface area (Å²) in [6, 6.07) is 21.2. The van der Waals surface area contributed by atoms with Crippen molar-refractivity contribution in [3.8, 4) is 0 Å². The quantitative estimate of drug-likeness (QED) is 0.191. The van der Waals surface area contributed by atoms with Gasteiger partial charge in [-0.1, -0.05) is 42.5 Å². The van der Waals surface area contributed by atoms with Crippen molar-refractivity contribution in [2.24, 2.45) is 0 Å². The number of aromatic amines is 1. The van der Waals surface area contributed by atoms with Gasteiger partial charge in [0, 0.05) is 32.4 Å². The molecule has 9 nitrogen and oxygen atoms in total. The van der Waals surface area contributed by atoms with Gasteiger partial charge >= 0.3 is 0 Å². The highest BCUT2D eigenvalue weighted by molar-refractivity contribution is 5.96. The minimum Gasteiger partial charge on any atom is -0.348 e. The molecule has 6 rings (SSSR count). The number of H-pyrrole nitrogens is 1. The number of hydrogen-bond acceptors (Lipinski definition) is 7. The molecule has 3 aromatic heterocycles. The van der Waals surface area contributed by atoms with E-state index >= 15 is 0 Å². The maximum Gasteiger partial charge on any atom is 0.255 e. The summed E-state index contributed by atoms with van der Waals surface area (Å²) in [6.07, 6.45) is 6.76. The Morgan fingerprint density at radius 1 is 0.953 bits per heavy atom. The van der Waals surface area contributed by atoms with E-state index in [0.29, 0.717) is 30.0 Å². The molecule has 220 valence electrons. The summed E-state index contributed by atoms with van der Waals surface area (Å²) >= 11 is 0. The maximum atomic E-state index is 12.8. The van der Waals surface area contributed by atoms with Crippen LogP contribution in [-0.2, 0) is 26.1 Å². The number of imidazole rings is 1. The third-order valence-corrected chi connectivity index (χ3v) is 8.23. The minimum atomic E-state index is -0.149. The Morgan fingerprint density at radius 2 is 1.74 bits per heavy atom. The standard InChI is InChI=1S/C34H38N8O/c1-23-32(24(2)39-22-38-23)34(43)37-19-25-12-14-26(15-13-25)21-42(30-11-5-7-27-8-6-16-36-33(27)30)18-17-35-20-31-40-28-9-3-4-10-29(28)41-31/h3-4,6,8-10,12-16,22,30,35H,5,7,11,17-21H2,1-2H3,(H,37,43)(H,40,41). The third-order valence-electron chi connectivity index (χ3n) is 8.23. The highest BCUT2D eigenvalue weighted by atomic mass is 16.1. The van der Waals surface area contributed by atoms with Crippen molar-refractivity contribution in [3.05, 3.63) is 118 Å². The first-order valence-electron chi connectivity index (χ1n) is 15.0. The number of carbonyl (C=O) groups excluding carboxylic acids is 1. The van der Waals surface area contributed by atoms with Crippen molar-refractivity contribution in [1.82, 2.24) is 40.5 Å². The summed E-state index contributed by atoms with van der Waals surface area (Å²) in [4.78, 5) is 36.6. The molecule has 0 spiro atoms. The van der Waals surface area contributed by atoms with Gasteiger partial charge in [0.15, 0.2) is 0 Å². The zero-order valence-corrected chi connectivity index (χ0v) is 24.8. The van der Waals surface area contributed by atoms with E-state index in [0.717, 1.165) is 61.3 Å². The zero-order chi connectivity index (χ0) is 29.6. The number of pyridine rings is 1. The van der Waals surface area contributed by atoms with Gasteiger partial charge in [0.25, 0.3) is 5.91 Å². The molecule has 0 bridgehead atoms. The van der Waals surface area contributed by atoms with E-state index in [-0.39, 0.29) is 11.9 Å². The number of nitrogens with zero attached hydrogens (tertiary/aromatic N) is 5. The van der Waals surface area contributed by atoms with E-state index in [2.05, 4.69) is 66.9 Å². The number of benzene rings is 2. The van der Waals surface area contributed by atoms with Gasteiger partial charge in [0.2, 0.25) is 0 Å². The maximum absolute atomic E-state index is 12.8. The van der Waals surface area contributed by atoms with Gasteiger partial charge in [-0.2, -0.15) is 0 Å². The molecule has 9 heteroatoms. The van der Waals surface area contributed by atoms with Crippen LogP contribution < -0.4 is 10.6 Å². The first-order valence-corrected chi connectivity index (χ1v) is 15.0. The molecular formula is C34H38N8O. The number of hydrogen-bond donors (Lipinski definition) is 3. The predicted molar refractivity (Wildman–Crippen MR) is 167 cm³/mol. The summed E-state index contributed by atoms with van der Waals surface area (Å²) in [7, 11) is 0. The molecule has 3 heterocycles. The van der Waals surface area contributed by atoms with E-state index in [1.54, 1.807) is 0 Å². The molecule has 0 fully saturated rings. The summed E-state index contributed by atoms with van der Waals surface area (Å²) in [5, 5.41) is 6.62. The molecule has 1 amide bonds. The van der Waals surface area contributed by atoms with Crippen molar-refractivity contribution in [3.63, 3.8) is 0 Å². The number of fused-ring (bicyclic) bond motifs is 2. The van der Waals surface area contributed by atoms with Crippen LogP contribution in [0.2, 0.25) is 0 Å². The fourth-order valence-corrected chi connectivity index (χ4v) is 5.99. The van der Waals surface area contributed by atoms with E-state index < -0.39 is 0 Å². The lowest BCUT2D eigenvalue weighted by Gasteiger charge is -2.35. The molecule has 43 heavy (non-hydrogen) atoms. The van der Waals surface area contributed by atoms with Crippen molar-refractivity contribution in [2.45, 2.75) is 58.8 Å². The Kier molecular flexibility index (Phi) is 8.81. The smallest absolute Gasteiger partial charge is 0.255 e. The molecule has 0 aliphatic heterocycles. The second-order valence-electron chi connectivity index (χ2n) is 11.2. The van der Waals surface area contributed by atoms with Gasteiger partial charge in [-0.25, -0.2) is 15.0 Å². The fourth-order valence-electron chi connectivity index (χ4n) is 5.99. The monoisotopic (exact) mass is 574 g/mol. The van der Waals surface area contributed by atoms with Gasteiger partial charge in [0.05, 0.1) is 46.3 Å². The molecule has 1 atom stereocenters. The fraction of sp³-hybridized carbons (Fsp3) is 0.324. The SMILES string of the molecule is Cc1ncnc(C)c1C(=O)NCc1ccc(CN(CCNCc2nc3ccccc3[nH]2)C2CCCc3cccnc32)cc1. The lowest BCUT2D eigenvalue weighted by Crippen LogP contribution is -2.36. The molecular weight excluding hydrogens is 536 g/mol. The predicted octanol–water partition coefficient (Wildman–Crippen LogP) is 4.96. The molecule has 0 saturated carbocycles. The van der Waals surface area contributed by atoms with Crippen LogP contribution in [0.5, 0.6) is 0 Å². The highest BCUT2D eigenvalue weighted by Gasteiger charge is 2.27. The Balaban J connectivity index is 1.11. The third kappa shape index (κ3) is 6.79. The van der Waals surface area contributed by atoms with Crippen molar-refractivity contribution in [2.75, 3.05) is 13.1 Å². The van der Waals surface area contributed by atoms with E-state index in [4.69, 9.17) is 9.97 Å². The van der Waals surface area contributed by atoms with E-state index in [9.17, 15) is 4.79 Å². The molecule has 1 aliphatic rings. The number of aromatic nitrogens is 5. The lowest BCUT2D eigenvalue weighted by molar-refractivity contribution is 0.0948. The number of amides is 1. The summed E-state index contributed by atoms with van der Waals surface area (Å²) in [5.41, 5.74) is 8.83. The van der Waals surface area contributed by atoms with E-state index in [1.807, 2.05) is 44.3 Å². The second kappa shape index (κ2) is 13.2. The van der Waals surface area contributed by atoms with Crippen LogP contribution in [0, 0.1) is 13.8 Å². The van der Waals surface area contributed by atoms with Crippen LogP contribution in [0.1, 0.15) is 68.8 Å². The lowest BCUT2D eigenvalue weighted by atomic mass is 9.90. The molecule has 0 radical (unpaired) electrons. The van der Waals surface area contributed by atoms with Gasteiger partial charge in [-0.3, -0.25) is 14.7 Å². The van der Waals surface area contributed by atoms with Crippen LogP contribution in [-0.4, -0.2) is 48.8 Å². The zero-order valence-electron chi connectivity index (χ0n) is 24.8. The number of para-hydroxylation sites is 2. The van der Waals surface area contributed by atoms with Crippen LogP contribution in [0.15, 0.2) is 73.2 Å². The molecule has 2 aromatic carbocycles. The number of rotatable bonds is 11. The molecule has 0 saturated heterocycles. The van der Waals surface area contributed by atoms with Crippen molar-refractivity contribution >= 4 is 16.9 Å². The van der Waals surface area contributed by atoms with Crippen molar-refractivity contribution < 1.29 is 4.79 Å². The first kappa shape index (κ1) is 28.6. The first-order chi connectivity index (χ1) is 21.0. The molecule has 5 aromatic rings. The Bertz CT molecular complexity index is 1640. The average Bonchev–Trinajstić information content (AvgIpc) is 3.45. The Morgan fingerprint density at radius 3 is 2.56 bits per heavy atom. The van der Waals surface area contributed by atoms with E-state index in [1.165, 1.54) is 23.1 Å². The number of nitrogens with one attached hydrogen (secondary N) is 3.